The van der Waals surface area contributed by atoms with Crippen molar-refractivity contribution in [1.29, 1.82) is 0 Å². The summed E-state index contributed by atoms with van der Waals surface area (Å²) >= 11 is 0. The lowest BCUT2D eigenvalue weighted by atomic mass is 9.99. The van der Waals surface area contributed by atoms with E-state index in [2.05, 4.69) is 33.4 Å². The SMILES string of the molecule is CC1CCCN(Cc2cccc(C(=O)Nc3nnc4ccccn34)c2)C1. The Bertz CT molecular complexity index is 919. The highest BCUT2D eigenvalue weighted by atomic mass is 16.1. The summed E-state index contributed by atoms with van der Waals surface area (Å²) in [5.41, 5.74) is 2.51. The van der Waals surface area contributed by atoms with Gasteiger partial charge in [0.1, 0.15) is 0 Å². The second-order valence-electron chi connectivity index (χ2n) is 7.09. The molecule has 1 aromatic carbocycles. The summed E-state index contributed by atoms with van der Waals surface area (Å²) < 4.78 is 1.76. The second-order valence-corrected chi connectivity index (χ2v) is 7.09. The lowest BCUT2D eigenvalue weighted by Gasteiger charge is -2.30. The molecule has 1 unspecified atom stereocenters. The molecule has 6 nitrogen and oxygen atoms in total. The number of likely N-dealkylation sites (tertiary alicyclic amines) is 1. The highest BCUT2D eigenvalue weighted by molar-refractivity contribution is 6.03. The fourth-order valence-corrected chi connectivity index (χ4v) is 3.60. The maximum atomic E-state index is 12.6. The molecular weight excluding hydrogens is 326 g/mol. The van der Waals surface area contributed by atoms with Gasteiger partial charge >= 0.3 is 0 Å². The average molecular weight is 349 g/mol. The monoisotopic (exact) mass is 349 g/mol. The number of amides is 1. The van der Waals surface area contributed by atoms with Crippen molar-refractivity contribution in [2.45, 2.75) is 26.3 Å². The van der Waals surface area contributed by atoms with Gasteiger partial charge in [-0.1, -0.05) is 25.1 Å². The first-order valence-electron chi connectivity index (χ1n) is 9.11. The van der Waals surface area contributed by atoms with Crippen molar-refractivity contribution < 1.29 is 4.79 Å². The Labute approximate surface area is 152 Å². The third-order valence-electron chi connectivity index (χ3n) is 4.88. The molecule has 26 heavy (non-hydrogen) atoms. The van der Waals surface area contributed by atoms with E-state index in [0.717, 1.165) is 31.1 Å². The topological polar surface area (TPSA) is 62.5 Å². The van der Waals surface area contributed by atoms with Crippen molar-refractivity contribution in [3.05, 3.63) is 59.8 Å². The summed E-state index contributed by atoms with van der Waals surface area (Å²) in [6.07, 6.45) is 4.39. The maximum Gasteiger partial charge on any atom is 0.258 e. The van der Waals surface area contributed by atoms with Crippen LogP contribution in [-0.2, 0) is 6.54 Å². The van der Waals surface area contributed by atoms with Crippen LogP contribution in [0.4, 0.5) is 5.95 Å². The van der Waals surface area contributed by atoms with Gasteiger partial charge in [-0.2, -0.15) is 0 Å². The summed E-state index contributed by atoms with van der Waals surface area (Å²) in [5, 5.41) is 11.0. The minimum atomic E-state index is -0.169. The second kappa shape index (κ2) is 7.25. The van der Waals surface area contributed by atoms with E-state index >= 15 is 0 Å². The molecule has 1 aliphatic rings. The zero-order valence-electron chi connectivity index (χ0n) is 14.9. The van der Waals surface area contributed by atoms with Crippen LogP contribution in [0.15, 0.2) is 48.7 Å². The summed E-state index contributed by atoms with van der Waals surface area (Å²) in [6.45, 7) is 5.45. The Balaban J connectivity index is 1.48. The van der Waals surface area contributed by atoms with Gasteiger partial charge in [0, 0.05) is 24.8 Å². The predicted molar refractivity (Wildman–Crippen MR) is 101 cm³/mol. The minimum absolute atomic E-state index is 0.169. The molecular formula is C20H23N5O. The number of nitrogens with one attached hydrogen (secondary N) is 1. The number of carbonyl (C=O) groups excluding carboxylic acids is 1. The zero-order valence-corrected chi connectivity index (χ0v) is 14.9. The van der Waals surface area contributed by atoms with E-state index in [-0.39, 0.29) is 5.91 Å². The molecule has 2 aromatic heterocycles. The van der Waals surface area contributed by atoms with Crippen LogP contribution in [0.2, 0.25) is 0 Å². The predicted octanol–water partition coefficient (Wildman–Crippen LogP) is 3.21. The largest absolute Gasteiger partial charge is 0.299 e. The normalized spacial score (nSPS) is 18.1. The van der Waals surface area contributed by atoms with Gasteiger partial charge in [0.05, 0.1) is 0 Å². The number of fused-ring (bicyclic) bond motifs is 1. The van der Waals surface area contributed by atoms with Gasteiger partial charge in [0.2, 0.25) is 5.95 Å². The summed E-state index contributed by atoms with van der Waals surface area (Å²) in [5.74, 6) is 1.01. The third kappa shape index (κ3) is 3.60. The molecule has 1 fully saturated rings. The smallest absolute Gasteiger partial charge is 0.258 e. The van der Waals surface area contributed by atoms with Gasteiger partial charge in [0.15, 0.2) is 5.65 Å². The molecule has 1 aliphatic heterocycles. The van der Waals surface area contributed by atoms with Crippen LogP contribution in [0, 0.1) is 5.92 Å². The number of benzene rings is 1. The van der Waals surface area contributed by atoms with Crippen LogP contribution in [-0.4, -0.2) is 38.5 Å². The molecule has 0 saturated carbocycles. The van der Waals surface area contributed by atoms with E-state index in [1.165, 1.54) is 12.8 Å². The first-order chi connectivity index (χ1) is 12.7. The first kappa shape index (κ1) is 16.7. The number of anilines is 1. The fraction of sp³-hybridized carbons (Fsp3) is 0.350. The molecule has 3 aromatic rings. The lowest BCUT2D eigenvalue weighted by Crippen LogP contribution is -2.33. The van der Waals surface area contributed by atoms with Crippen molar-refractivity contribution in [3.8, 4) is 0 Å². The van der Waals surface area contributed by atoms with E-state index in [4.69, 9.17) is 0 Å². The first-order valence-corrected chi connectivity index (χ1v) is 9.11. The molecule has 0 aliphatic carbocycles. The number of nitrogens with zero attached hydrogens (tertiary/aromatic N) is 4. The minimum Gasteiger partial charge on any atom is -0.299 e. The lowest BCUT2D eigenvalue weighted by molar-refractivity contribution is 0.102. The highest BCUT2D eigenvalue weighted by Crippen LogP contribution is 2.18. The molecule has 0 spiro atoms. The maximum absolute atomic E-state index is 12.6. The number of piperidine rings is 1. The van der Waals surface area contributed by atoms with Gasteiger partial charge in [-0.25, -0.2) is 0 Å². The fourth-order valence-electron chi connectivity index (χ4n) is 3.60. The number of aromatic nitrogens is 3. The summed E-state index contributed by atoms with van der Waals surface area (Å²) in [4.78, 5) is 15.1. The van der Waals surface area contributed by atoms with Crippen molar-refractivity contribution >= 4 is 17.5 Å². The Morgan fingerprint density at radius 1 is 1.23 bits per heavy atom. The average Bonchev–Trinajstić information content (AvgIpc) is 3.05. The number of hydrogen-bond acceptors (Lipinski definition) is 4. The van der Waals surface area contributed by atoms with Gasteiger partial charge in [0.25, 0.3) is 5.91 Å². The highest BCUT2D eigenvalue weighted by Gasteiger charge is 2.17. The third-order valence-corrected chi connectivity index (χ3v) is 4.88. The van der Waals surface area contributed by atoms with Crippen molar-refractivity contribution in [2.24, 2.45) is 5.92 Å². The van der Waals surface area contributed by atoms with Crippen LogP contribution in [0.5, 0.6) is 0 Å². The van der Waals surface area contributed by atoms with Crippen molar-refractivity contribution in [2.75, 3.05) is 18.4 Å². The molecule has 1 atom stereocenters. The standard InChI is InChI=1S/C20H23N5O/c1-15-6-5-10-24(13-15)14-16-7-4-8-17(12-16)19(26)21-20-23-22-18-9-2-3-11-25(18)20/h2-4,7-9,11-12,15H,5-6,10,13-14H2,1H3,(H,21,23,26). The molecule has 0 radical (unpaired) electrons. The number of carbonyl (C=O) groups is 1. The Hall–Kier alpha value is -2.73. The molecule has 4 rings (SSSR count). The van der Waals surface area contributed by atoms with Crippen LogP contribution in [0.25, 0.3) is 5.65 Å². The van der Waals surface area contributed by atoms with E-state index in [9.17, 15) is 4.79 Å². The summed E-state index contributed by atoms with van der Waals surface area (Å²) in [6, 6.07) is 13.5. The number of pyridine rings is 1. The van der Waals surface area contributed by atoms with E-state index in [1.54, 1.807) is 4.40 Å². The van der Waals surface area contributed by atoms with Gasteiger partial charge in [-0.05, 0) is 55.1 Å². The molecule has 3 heterocycles. The Morgan fingerprint density at radius 3 is 3.04 bits per heavy atom. The molecule has 1 saturated heterocycles. The summed E-state index contributed by atoms with van der Waals surface area (Å²) in [7, 11) is 0. The van der Waals surface area contributed by atoms with E-state index < -0.39 is 0 Å². The molecule has 134 valence electrons. The Morgan fingerprint density at radius 2 is 2.15 bits per heavy atom. The number of rotatable bonds is 4. The zero-order chi connectivity index (χ0) is 17.9. The van der Waals surface area contributed by atoms with Crippen LogP contribution in [0.1, 0.15) is 35.7 Å². The van der Waals surface area contributed by atoms with Crippen LogP contribution >= 0.6 is 0 Å². The van der Waals surface area contributed by atoms with E-state index in [1.807, 2.05) is 42.6 Å². The molecule has 6 heteroatoms. The van der Waals surface area contributed by atoms with Gasteiger partial charge in [-0.15, -0.1) is 10.2 Å². The Kier molecular flexibility index (Phi) is 4.67. The quantitative estimate of drug-likeness (QED) is 0.786. The van der Waals surface area contributed by atoms with Gasteiger partial charge < -0.3 is 0 Å². The van der Waals surface area contributed by atoms with Crippen LogP contribution < -0.4 is 5.32 Å². The van der Waals surface area contributed by atoms with Crippen molar-refractivity contribution in [1.82, 2.24) is 19.5 Å². The van der Waals surface area contributed by atoms with Gasteiger partial charge in [-0.3, -0.25) is 19.4 Å². The van der Waals surface area contributed by atoms with E-state index in [0.29, 0.717) is 17.2 Å². The van der Waals surface area contributed by atoms with Crippen molar-refractivity contribution in [3.63, 3.8) is 0 Å². The molecule has 1 N–H and O–H groups in total. The molecule has 1 amide bonds. The number of hydrogen-bond donors (Lipinski definition) is 1. The van der Waals surface area contributed by atoms with Crippen LogP contribution in [0.3, 0.4) is 0 Å². The molecule has 0 bridgehead atoms.